The van der Waals surface area contributed by atoms with Gasteiger partial charge in [-0.2, -0.15) is 5.06 Å². The van der Waals surface area contributed by atoms with Crippen LogP contribution in [0.15, 0.2) is 48.5 Å². The number of imide groups is 1. The van der Waals surface area contributed by atoms with Crippen LogP contribution in [0.4, 0.5) is 5.00 Å². The van der Waals surface area contributed by atoms with Crippen LogP contribution in [0.3, 0.4) is 0 Å². The molecule has 2 amide bonds. The summed E-state index contributed by atoms with van der Waals surface area (Å²) in [6.45, 7) is 9.37. The molecule has 45 heavy (non-hydrogen) atoms. The standard InChI is InChI=1S/C35H40N2O7S/c1-7-42-25-17-21(13-16-24(25)43-19-20-11-9-8-10-12-20)29-28-30(44-36(29)5)32(39)37(31(28)38)33-27(34(40)41-6)23-15-14-22(35(2,3)4)18-26(23)45-33/h8-13,16-17,22,28-30H,7,14-15,18-19H2,1-6H3/t22-,28+,29-,30+/m1/s1. The molecule has 1 aromatic heterocycles. The summed E-state index contributed by atoms with van der Waals surface area (Å²) in [7, 11) is 3.06. The fraction of sp³-hybridized carbons (Fsp3) is 0.457. The summed E-state index contributed by atoms with van der Waals surface area (Å²) in [4.78, 5) is 49.6. The van der Waals surface area contributed by atoms with Gasteiger partial charge in [-0.1, -0.05) is 57.2 Å². The lowest BCUT2D eigenvalue weighted by atomic mass is 9.72. The number of ether oxygens (including phenoxy) is 3. The molecule has 2 saturated heterocycles. The molecule has 0 bridgehead atoms. The predicted octanol–water partition coefficient (Wildman–Crippen LogP) is 6.14. The van der Waals surface area contributed by atoms with E-state index in [0.717, 1.165) is 34.4 Å². The molecule has 0 unspecified atom stereocenters. The molecule has 2 fully saturated rings. The van der Waals surface area contributed by atoms with Crippen molar-refractivity contribution in [1.82, 2.24) is 5.06 Å². The number of amides is 2. The number of thiophene rings is 1. The zero-order valence-electron chi connectivity index (χ0n) is 26.6. The molecule has 0 saturated carbocycles. The average Bonchev–Trinajstić information content (AvgIpc) is 3.64. The van der Waals surface area contributed by atoms with Crippen molar-refractivity contribution in [2.75, 3.05) is 25.7 Å². The summed E-state index contributed by atoms with van der Waals surface area (Å²) < 4.78 is 17.2. The fourth-order valence-electron chi connectivity index (χ4n) is 6.78. The second kappa shape index (κ2) is 12.2. The maximum Gasteiger partial charge on any atom is 0.341 e. The van der Waals surface area contributed by atoms with E-state index in [9.17, 15) is 14.4 Å². The largest absolute Gasteiger partial charge is 0.490 e. The van der Waals surface area contributed by atoms with Gasteiger partial charge in [0.1, 0.15) is 11.6 Å². The molecular formula is C35H40N2O7S. The molecule has 238 valence electrons. The van der Waals surface area contributed by atoms with E-state index in [4.69, 9.17) is 19.0 Å². The Hall–Kier alpha value is -3.73. The first-order valence-corrected chi connectivity index (χ1v) is 16.3. The summed E-state index contributed by atoms with van der Waals surface area (Å²) >= 11 is 1.36. The van der Waals surface area contributed by atoms with Crippen molar-refractivity contribution in [2.45, 2.75) is 65.7 Å². The molecule has 10 heteroatoms. The first-order chi connectivity index (χ1) is 21.5. The first-order valence-electron chi connectivity index (χ1n) is 15.5. The van der Waals surface area contributed by atoms with Crippen molar-refractivity contribution in [3.05, 3.63) is 75.7 Å². The van der Waals surface area contributed by atoms with Gasteiger partial charge in [-0.15, -0.1) is 11.3 Å². The van der Waals surface area contributed by atoms with Gasteiger partial charge in [0.25, 0.3) is 5.91 Å². The van der Waals surface area contributed by atoms with Crippen molar-refractivity contribution in [3.8, 4) is 11.5 Å². The van der Waals surface area contributed by atoms with Crippen molar-refractivity contribution < 1.29 is 33.4 Å². The fourth-order valence-corrected chi connectivity index (χ4v) is 8.20. The van der Waals surface area contributed by atoms with E-state index < -0.39 is 35.8 Å². The zero-order chi connectivity index (χ0) is 32.0. The molecule has 0 radical (unpaired) electrons. The van der Waals surface area contributed by atoms with Crippen LogP contribution in [-0.4, -0.2) is 49.7 Å². The van der Waals surface area contributed by atoms with Crippen LogP contribution >= 0.6 is 11.3 Å². The van der Waals surface area contributed by atoms with Crippen LogP contribution < -0.4 is 14.4 Å². The number of fused-ring (bicyclic) bond motifs is 2. The smallest absolute Gasteiger partial charge is 0.341 e. The molecule has 3 heterocycles. The lowest BCUT2D eigenvalue weighted by molar-refractivity contribution is -0.160. The van der Waals surface area contributed by atoms with Crippen molar-refractivity contribution in [1.29, 1.82) is 0 Å². The van der Waals surface area contributed by atoms with Crippen LogP contribution in [0.1, 0.15) is 72.1 Å². The first kappa shape index (κ1) is 31.3. The number of hydroxylamine groups is 2. The van der Waals surface area contributed by atoms with Crippen LogP contribution in [0.25, 0.3) is 0 Å². The Morgan fingerprint density at radius 1 is 1.04 bits per heavy atom. The van der Waals surface area contributed by atoms with Gasteiger partial charge < -0.3 is 14.2 Å². The van der Waals surface area contributed by atoms with E-state index in [0.29, 0.717) is 47.6 Å². The summed E-state index contributed by atoms with van der Waals surface area (Å²) in [5.41, 5.74) is 3.10. The Morgan fingerprint density at radius 3 is 2.49 bits per heavy atom. The normalized spacial score (nSPS) is 23.2. The monoisotopic (exact) mass is 632 g/mol. The third-order valence-corrected chi connectivity index (χ3v) is 10.5. The summed E-state index contributed by atoms with van der Waals surface area (Å²) in [5.74, 6) is -0.647. The molecule has 0 N–H and O–H groups in total. The van der Waals surface area contributed by atoms with Gasteiger partial charge in [0, 0.05) is 11.9 Å². The highest BCUT2D eigenvalue weighted by Gasteiger charge is 2.60. The minimum Gasteiger partial charge on any atom is -0.490 e. The molecular weight excluding hydrogens is 592 g/mol. The lowest BCUT2D eigenvalue weighted by Gasteiger charge is -2.33. The van der Waals surface area contributed by atoms with Crippen LogP contribution in [0.5, 0.6) is 11.5 Å². The van der Waals surface area contributed by atoms with Crippen molar-refractivity contribution >= 4 is 34.1 Å². The quantitative estimate of drug-likeness (QED) is 0.216. The van der Waals surface area contributed by atoms with Gasteiger partial charge in [0.05, 0.1) is 31.2 Å². The Kier molecular flexibility index (Phi) is 8.49. The third-order valence-electron chi connectivity index (χ3n) is 9.22. The summed E-state index contributed by atoms with van der Waals surface area (Å²) in [6.07, 6.45) is 1.40. The molecule has 2 aliphatic heterocycles. The third kappa shape index (κ3) is 5.64. The minimum atomic E-state index is -1.01. The molecule has 2 aromatic carbocycles. The molecule has 3 aliphatic rings. The highest BCUT2D eigenvalue weighted by Crippen LogP contribution is 2.51. The van der Waals surface area contributed by atoms with Gasteiger partial charge in [-0.25, -0.2) is 9.69 Å². The predicted molar refractivity (Wildman–Crippen MR) is 170 cm³/mol. The number of rotatable bonds is 8. The Morgan fingerprint density at radius 2 is 1.80 bits per heavy atom. The number of hydrogen-bond donors (Lipinski definition) is 0. The van der Waals surface area contributed by atoms with Gasteiger partial charge in [-0.05, 0) is 66.3 Å². The molecule has 3 aromatic rings. The molecule has 9 nitrogen and oxygen atoms in total. The van der Waals surface area contributed by atoms with Gasteiger partial charge in [-0.3, -0.25) is 14.4 Å². The Labute approximate surface area is 268 Å². The maximum atomic E-state index is 14.3. The minimum absolute atomic E-state index is 0.0949. The van der Waals surface area contributed by atoms with Crippen LogP contribution in [-0.2, 0) is 38.6 Å². The molecule has 4 atom stereocenters. The number of esters is 1. The Bertz CT molecular complexity index is 1610. The van der Waals surface area contributed by atoms with Gasteiger partial charge in [0.2, 0.25) is 5.91 Å². The number of carbonyl (C=O) groups is 3. The number of hydrogen-bond acceptors (Lipinski definition) is 9. The number of nitrogens with zero attached hydrogens (tertiary/aromatic N) is 2. The summed E-state index contributed by atoms with van der Waals surface area (Å²) in [6, 6.07) is 14.9. The van der Waals surface area contributed by atoms with Crippen LogP contribution in [0.2, 0.25) is 0 Å². The van der Waals surface area contributed by atoms with Crippen LogP contribution in [0, 0.1) is 17.3 Å². The van der Waals surface area contributed by atoms with Crippen molar-refractivity contribution in [3.63, 3.8) is 0 Å². The number of anilines is 1. The molecule has 6 rings (SSSR count). The van der Waals surface area contributed by atoms with Crippen molar-refractivity contribution in [2.24, 2.45) is 17.3 Å². The topological polar surface area (TPSA) is 94.6 Å². The molecule has 0 spiro atoms. The summed E-state index contributed by atoms with van der Waals surface area (Å²) in [5, 5.41) is 1.92. The van der Waals surface area contributed by atoms with E-state index in [2.05, 4.69) is 20.8 Å². The van der Waals surface area contributed by atoms with E-state index in [1.54, 1.807) is 12.1 Å². The highest BCUT2D eigenvalue weighted by molar-refractivity contribution is 7.17. The SMILES string of the molecule is CCOc1cc([C@@H]2[C@@H]3C(=O)N(c4sc5c(c4C(=O)OC)CC[C@@H](C(C)(C)C)C5)C(=O)[C@H]3ON2C)ccc1OCc1ccccc1. The van der Waals surface area contributed by atoms with E-state index in [1.165, 1.54) is 23.3 Å². The van der Waals surface area contributed by atoms with Gasteiger partial charge in [0.15, 0.2) is 17.6 Å². The second-order valence-corrected chi connectivity index (χ2v) is 14.0. The average molecular weight is 633 g/mol. The van der Waals surface area contributed by atoms with E-state index >= 15 is 0 Å². The zero-order valence-corrected chi connectivity index (χ0v) is 27.4. The number of carbonyl (C=O) groups excluding carboxylic acids is 3. The number of methoxy groups -OCH3 is 1. The van der Waals surface area contributed by atoms with Gasteiger partial charge >= 0.3 is 5.97 Å². The Balaban J connectivity index is 1.32. The highest BCUT2D eigenvalue weighted by atomic mass is 32.1. The maximum absolute atomic E-state index is 14.3. The number of benzene rings is 2. The van der Waals surface area contributed by atoms with E-state index in [-0.39, 0.29) is 5.41 Å². The molecule has 1 aliphatic carbocycles. The lowest BCUT2D eigenvalue weighted by Crippen LogP contribution is -2.36. The second-order valence-electron chi connectivity index (χ2n) is 12.9. The van der Waals surface area contributed by atoms with E-state index in [1.807, 2.05) is 55.5 Å².